The highest BCUT2D eigenvalue weighted by Crippen LogP contribution is 2.31. The average Bonchev–Trinajstić information content (AvgIpc) is 3.20. The van der Waals surface area contributed by atoms with Gasteiger partial charge in [0, 0.05) is 11.9 Å². The first-order valence-electron chi connectivity index (χ1n) is 7.22. The molecule has 120 valence electrons. The molecule has 3 aromatic rings. The van der Waals surface area contributed by atoms with Crippen LogP contribution in [0.4, 0.5) is 0 Å². The molecule has 0 saturated heterocycles. The quantitative estimate of drug-likeness (QED) is 0.567. The molecule has 0 fully saturated rings. The SMILES string of the molecule is CCN=c1scc(-c2ccc(Br)s2)n1N=Cc1ccc(C#N)cc1. The Morgan fingerprint density at radius 2 is 2.04 bits per heavy atom. The van der Waals surface area contributed by atoms with Gasteiger partial charge in [-0.2, -0.15) is 10.4 Å². The van der Waals surface area contributed by atoms with Gasteiger partial charge in [0.1, 0.15) is 0 Å². The fourth-order valence-electron chi connectivity index (χ4n) is 2.05. The summed E-state index contributed by atoms with van der Waals surface area (Å²) in [5.41, 5.74) is 2.60. The number of hydrogen-bond acceptors (Lipinski definition) is 5. The first-order valence-corrected chi connectivity index (χ1v) is 9.71. The lowest BCUT2D eigenvalue weighted by atomic mass is 10.2. The Balaban J connectivity index is 2.01. The van der Waals surface area contributed by atoms with Gasteiger partial charge < -0.3 is 0 Å². The molecule has 0 saturated carbocycles. The lowest BCUT2D eigenvalue weighted by molar-refractivity contribution is 0.834. The van der Waals surface area contributed by atoms with Gasteiger partial charge in [-0.05, 0) is 52.7 Å². The highest BCUT2D eigenvalue weighted by atomic mass is 79.9. The summed E-state index contributed by atoms with van der Waals surface area (Å²) in [4.78, 5) is 6.51. The second-order valence-electron chi connectivity index (χ2n) is 4.77. The summed E-state index contributed by atoms with van der Waals surface area (Å²) in [6.07, 6.45) is 1.79. The predicted molar refractivity (Wildman–Crippen MR) is 104 cm³/mol. The number of rotatable bonds is 4. The van der Waals surface area contributed by atoms with Crippen LogP contribution >= 0.6 is 38.6 Å². The molecule has 0 N–H and O–H groups in total. The monoisotopic (exact) mass is 416 g/mol. The second-order valence-corrected chi connectivity index (χ2v) is 8.07. The van der Waals surface area contributed by atoms with Crippen LogP contribution in [0.15, 0.2) is 55.7 Å². The number of hydrogen-bond donors (Lipinski definition) is 0. The maximum absolute atomic E-state index is 8.87. The van der Waals surface area contributed by atoms with Crippen LogP contribution in [-0.2, 0) is 0 Å². The van der Waals surface area contributed by atoms with Crippen LogP contribution in [0, 0.1) is 11.3 Å². The van der Waals surface area contributed by atoms with Gasteiger partial charge in [-0.1, -0.05) is 12.1 Å². The Labute approximate surface area is 156 Å². The van der Waals surface area contributed by atoms with Gasteiger partial charge in [0.05, 0.1) is 32.2 Å². The molecule has 0 aliphatic carbocycles. The molecular formula is C17H13BrN4S2. The number of benzene rings is 1. The summed E-state index contributed by atoms with van der Waals surface area (Å²) in [7, 11) is 0. The van der Waals surface area contributed by atoms with Crippen molar-refractivity contribution in [2.75, 3.05) is 6.54 Å². The van der Waals surface area contributed by atoms with E-state index in [9.17, 15) is 0 Å². The summed E-state index contributed by atoms with van der Waals surface area (Å²) in [5, 5.41) is 15.6. The van der Waals surface area contributed by atoms with Gasteiger partial charge in [-0.15, -0.1) is 22.7 Å². The van der Waals surface area contributed by atoms with Crippen LogP contribution in [-0.4, -0.2) is 17.4 Å². The van der Waals surface area contributed by atoms with E-state index >= 15 is 0 Å². The van der Waals surface area contributed by atoms with E-state index in [2.05, 4.69) is 43.5 Å². The summed E-state index contributed by atoms with van der Waals surface area (Å²) in [6, 6.07) is 13.6. The van der Waals surface area contributed by atoms with Crippen molar-refractivity contribution in [3.05, 3.63) is 61.5 Å². The highest BCUT2D eigenvalue weighted by molar-refractivity contribution is 9.11. The number of halogens is 1. The van der Waals surface area contributed by atoms with Crippen molar-refractivity contribution in [3.63, 3.8) is 0 Å². The molecule has 2 heterocycles. The summed E-state index contributed by atoms with van der Waals surface area (Å²) in [6.45, 7) is 2.72. The molecule has 2 aromatic heterocycles. The minimum atomic E-state index is 0.640. The molecule has 7 heteroatoms. The Kier molecular flexibility index (Phi) is 5.41. The third-order valence-electron chi connectivity index (χ3n) is 3.17. The van der Waals surface area contributed by atoms with E-state index in [1.165, 1.54) is 0 Å². The lowest BCUT2D eigenvalue weighted by Gasteiger charge is -2.01. The lowest BCUT2D eigenvalue weighted by Crippen LogP contribution is -2.12. The molecule has 24 heavy (non-hydrogen) atoms. The maximum atomic E-state index is 8.87. The van der Waals surface area contributed by atoms with Crippen molar-refractivity contribution < 1.29 is 0 Å². The highest BCUT2D eigenvalue weighted by Gasteiger charge is 2.09. The number of aromatic nitrogens is 1. The molecule has 0 bridgehead atoms. The molecule has 0 atom stereocenters. The van der Waals surface area contributed by atoms with E-state index in [1.807, 2.05) is 29.8 Å². The Bertz CT molecular complexity index is 971. The van der Waals surface area contributed by atoms with E-state index in [0.29, 0.717) is 12.1 Å². The first kappa shape index (κ1) is 16.8. The number of nitriles is 1. The zero-order valence-electron chi connectivity index (χ0n) is 12.8. The zero-order valence-corrected chi connectivity index (χ0v) is 16.0. The van der Waals surface area contributed by atoms with Crippen LogP contribution in [0.3, 0.4) is 0 Å². The van der Waals surface area contributed by atoms with Gasteiger partial charge in [0.2, 0.25) is 4.80 Å². The molecule has 3 rings (SSSR count). The van der Waals surface area contributed by atoms with Crippen molar-refractivity contribution in [2.24, 2.45) is 10.1 Å². The second kappa shape index (κ2) is 7.71. The van der Waals surface area contributed by atoms with Crippen molar-refractivity contribution in [1.82, 2.24) is 4.68 Å². The minimum absolute atomic E-state index is 0.640. The van der Waals surface area contributed by atoms with Gasteiger partial charge in [-0.25, -0.2) is 4.68 Å². The van der Waals surface area contributed by atoms with Crippen molar-refractivity contribution in [1.29, 1.82) is 5.26 Å². The smallest absolute Gasteiger partial charge is 0.206 e. The molecule has 0 amide bonds. The summed E-state index contributed by atoms with van der Waals surface area (Å²) < 4.78 is 2.95. The van der Waals surface area contributed by atoms with Gasteiger partial charge >= 0.3 is 0 Å². The third kappa shape index (κ3) is 3.73. The minimum Gasteiger partial charge on any atom is -0.258 e. The van der Waals surface area contributed by atoms with E-state index in [-0.39, 0.29) is 0 Å². The Hall–Kier alpha value is -2.01. The molecule has 4 nitrogen and oxygen atoms in total. The van der Waals surface area contributed by atoms with Crippen LogP contribution in [0.2, 0.25) is 0 Å². The molecule has 0 unspecified atom stereocenters. The number of thiophene rings is 1. The normalized spacial score (nSPS) is 12.0. The van der Waals surface area contributed by atoms with Crippen LogP contribution in [0.1, 0.15) is 18.1 Å². The van der Waals surface area contributed by atoms with E-state index in [4.69, 9.17) is 5.26 Å². The van der Waals surface area contributed by atoms with Gasteiger partial charge in [0.25, 0.3) is 0 Å². The summed E-state index contributed by atoms with van der Waals surface area (Å²) in [5.74, 6) is 0. The molecule has 0 spiro atoms. The Morgan fingerprint density at radius 1 is 1.25 bits per heavy atom. The summed E-state index contributed by atoms with van der Waals surface area (Å²) >= 11 is 6.75. The topological polar surface area (TPSA) is 53.4 Å². The number of thiazole rings is 1. The van der Waals surface area contributed by atoms with E-state index in [0.717, 1.165) is 24.7 Å². The van der Waals surface area contributed by atoms with E-state index in [1.54, 1.807) is 41.0 Å². The van der Waals surface area contributed by atoms with Crippen molar-refractivity contribution >= 4 is 44.8 Å². The zero-order chi connectivity index (χ0) is 16.9. The largest absolute Gasteiger partial charge is 0.258 e. The average molecular weight is 417 g/mol. The van der Waals surface area contributed by atoms with Crippen LogP contribution in [0.5, 0.6) is 0 Å². The fraction of sp³-hybridized carbons (Fsp3) is 0.118. The standard InChI is InChI=1S/C17H13BrN4S2/c1-2-20-17-22(14(11-23-17)15-7-8-16(18)24-15)21-10-13-5-3-12(9-19)4-6-13/h3-8,10-11H,2H2,1H3. The van der Waals surface area contributed by atoms with Crippen LogP contribution in [0.25, 0.3) is 10.6 Å². The molecule has 0 aliphatic heterocycles. The van der Waals surface area contributed by atoms with Crippen molar-refractivity contribution in [3.8, 4) is 16.6 Å². The number of nitrogens with zero attached hydrogens (tertiary/aromatic N) is 4. The Morgan fingerprint density at radius 3 is 2.67 bits per heavy atom. The first-order chi connectivity index (χ1) is 11.7. The molecular weight excluding hydrogens is 404 g/mol. The van der Waals surface area contributed by atoms with Crippen LogP contribution < -0.4 is 4.80 Å². The third-order valence-corrected chi connectivity index (χ3v) is 5.67. The predicted octanol–water partition coefficient (Wildman–Crippen LogP) is 4.72. The van der Waals surface area contributed by atoms with Gasteiger partial charge in [0.15, 0.2) is 0 Å². The van der Waals surface area contributed by atoms with Gasteiger partial charge in [-0.3, -0.25) is 4.99 Å². The fourth-order valence-corrected chi connectivity index (χ4v) is 4.40. The molecule has 0 aliphatic rings. The molecule has 1 aromatic carbocycles. The molecule has 0 radical (unpaired) electrons. The maximum Gasteiger partial charge on any atom is 0.206 e. The van der Waals surface area contributed by atoms with E-state index < -0.39 is 0 Å². The van der Waals surface area contributed by atoms with Crippen molar-refractivity contribution in [2.45, 2.75) is 6.92 Å².